The van der Waals surface area contributed by atoms with Gasteiger partial charge in [0.1, 0.15) is 22.8 Å². The Bertz CT molecular complexity index is 1100. The zero-order chi connectivity index (χ0) is 22.9. The maximum atomic E-state index is 12.3. The van der Waals surface area contributed by atoms with E-state index < -0.39 is 5.60 Å². The van der Waals surface area contributed by atoms with Crippen molar-refractivity contribution in [1.82, 2.24) is 29.4 Å². The minimum atomic E-state index is -0.499. The van der Waals surface area contributed by atoms with Gasteiger partial charge in [-0.2, -0.15) is 4.98 Å². The number of ether oxygens (including phenoxy) is 1. The summed E-state index contributed by atoms with van der Waals surface area (Å²) in [7, 11) is 0. The number of fused-ring (bicyclic) bond motifs is 1. The number of piperazine rings is 1. The molecule has 1 N–H and O–H groups in total. The lowest BCUT2D eigenvalue weighted by molar-refractivity contribution is 0.0240. The second kappa shape index (κ2) is 8.60. The number of imidazole rings is 1. The van der Waals surface area contributed by atoms with Crippen LogP contribution in [-0.2, 0) is 4.74 Å². The molecule has 3 aromatic heterocycles. The van der Waals surface area contributed by atoms with E-state index in [2.05, 4.69) is 48.6 Å². The molecular weight excluding hydrogens is 408 g/mol. The Morgan fingerprint density at radius 1 is 1.09 bits per heavy atom. The molecule has 170 valence electrons. The third kappa shape index (κ3) is 4.90. The summed E-state index contributed by atoms with van der Waals surface area (Å²) in [6, 6.07) is 4.09. The molecule has 4 rings (SSSR count). The molecule has 1 amide bonds. The highest BCUT2D eigenvalue weighted by Crippen LogP contribution is 2.22. The quantitative estimate of drug-likeness (QED) is 0.659. The van der Waals surface area contributed by atoms with Gasteiger partial charge in [0.25, 0.3) is 0 Å². The molecule has 4 heterocycles. The molecule has 0 saturated carbocycles. The fraction of sp³-hybridized carbons (Fsp3) is 0.500. The van der Waals surface area contributed by atoms with Gasteiger partial charge in [-0.1, -0.05) is 0 Å². The lowest BCUT2D eigenvalue weighted by Gasteiger charge is -2.35. The van der Waals surface area contributed by atoms with Crippen LogP contribution in [0.25, 0.3) is 11.0 Å². The van der Waals surface area contributed by atoms with Crippen LogP contribution in [0, 0.1) is 0 Å². The summed E-state index contributed by atoms with van der Waals surface area (Å²) in [6.07, 6.45) is 5.03. The Labute approximate surface area is 187 Å². The van der Waals surface area contributed by atoms with Crippen molar-refractivity contribution in [2.75, 3.05) is 36.4 Å². The van der Waals surface area contributed by atoms with E-state index in [-0.39, 0.29) is 6.09 Å². The first kappa shape index (κ1) is 21.8. The van der Waals surface area contributed by atoms with E-state index in [0.717, 1.165) is 11.0 Å². The number of amides is 1. The summed E-state index contributed by atoms with van der Waals surface area (Å²) in [5, 5.41) is 3.27. The number of aromatic nitrogens is 5. The van der Waals surface area contributed by atoms with E-state index in [1.807, 2.05) is 39.2 Å². The van der Waals surface area contributed by atoms with Crippen LogP contribution in [0.2, 0.25) is 0 Å². The molecule has 10 heteroatoms. The van der Waals surface area contributed by atoms with Gasteiger partial charge in [0.15, 0.2) is 0 Å². The van der Waals surface area contributed by atoms with Gasteiger partial charge in [-0.25, -0.2) is 19.7 Å². The monoisotopic (exact) mass is 438 g/mol. The highest BCUT2D eigenvalue weighted by Gasteiger charge is 2.26. The van der Waals surface area contributed by atoms with Crippen molar-refractivity contribution in [2.24, 2.45) is 0 Å². The first-order valence-corrected chi connectivity index (χ1v) is 10.8. The standard InChI is InChI=1S/C22H30N8O2/c1-15(2)30-14-25-16-13-24-19(12-17(16)30)26-18-6-7-23-20(27-18)28-8-10-29(11-9-28)21(31)32-22(3,4)5/h6-7,12-15H,8-11H2,1-5H3,(H,23,24,26,27). The van der Waals surface area contributed by atoms with Crippen LogP contribution in [0.15, 0.2) is 30.9 Å². The van der Waals surface area contributed by atoms with E-state index in [1.165, 1.54) is 0 Å². The van der Waals surface area contributed by atoms with E-state index in [4.69, 9.17) is 4.74 Å². The minimum absolute atomic E-state index is 0.282. The molecule has 0 atom stereocenters. The van der Waals surface area contributed by atoms with Gasteiger partial charge in [0.2, 0.25) is 5.95 Å². The molecule has 1 fully saturated rings. The van der Waals surface area contributed by atoms with E-state index in [1.54, 1.807) is 17.3 Å². The molecule has 0 radical (unpaired) electrons. The van der Waals surface area contributed by atoms with Gasteiger partial charge in [-0.15, -0.1) is 0 Å². The van der Waals surface area contributed by atoms with Crippen LogP contribution >= 0.6 is 0 Å². The van der Waals surface area contributed by atoms with Crippen molar-refractivity contribution in [3.8, 4) is 0 Å². The summed E-state index contributed by atoms with van der Waals surface area (Å²) in [6.45, 7) is 12.3. The maximum Gasteiger partial charge on any atom is 0.410 e. The Hall–Kier alpha value is -3.43. The van der Waals surface area contributed by atoms with E-state index in [0.29, 0.717) is 49.8 Å². The van der Waals surface area contributed by atoms with Crippen molar-refractivity contribution in [1.29, 1.82) is 0 Å². The fourth-order valence-corrected chi connectivity index (χ4v) is 3.53. The van der Waals surface area contributed by atoms with Crippen LogP contribution in [0.5, 0.6) is 0 Å². The van der Waals surface area contributed by atoms with Crippen LogP contribution in [-0.4, -0.2) is 67.3 Å². The summed E-state index contributed by atoms with van der Waals surface area (Å²) in [5.41, 5.74) is 1.38. The van der Waals surface area contributed by atoms with Crippen molar-refractivity contribution < 1.29 is 9.53 Å². The Morgan fingerprint density at radius 2 is 1.84 bits per heavy atom. The van der Waals surface area contributed by atoms with Gasteiger partial charge in [-0.05, 0) is 40.7 Å². The summed E-state index contributed by atoms with van der Waals surface area (Å²) < 4.78 is 7.57. The molecule has 10 nitrogen and oxygen atoms in total. The van der Waals surface area contributed by atoms with Gasteiger partial charge in [-0.3, -0.25) is 0 Å². The molecule has 0 bridgehead atoms. The summed E-state index contributed by atoms with van der Waals surface area (Å²) in [4.78, 5) is 34.0. The average Bonchev–Trinajstić information content (AvgIpc) is 3.16. The molecule has 0 spiro atoms. The molecule has 32 heavy (non-hydrogen) atoms. The molecule has 1 aliphatic heterocycles. The van der Waals surface area contributed by atoms with Crippen LogP contribution in [0.4, 0.5) is 22.4 Å². The number of nitrogens with one attached hydrogen (secondary N) is 1. The van der Waals surface area contributed by atoms with Crippen LogP contribution < -0.4 is 10.2 Å². The molecule has 1 saturated heterocycles. The third-order valence-electron chi connectivity index (χ3n) is 5.13. The minimum Gasteiger partial charge on any atom is -0.444 e. The van der Waals surface area contributed by atoms with Gasteiger partial charge in [0, 0.05) is 44.5 Å². The van der Waals surface area contributed by atoms with E-state index >= 15 is 0 Å². The number of pyridine rings is 1. The Morgan fingerprint density at radius 3 is 2.53 bits per heavy atom. The lowest BCUT2D eigenvalue weighted by Crippen LogP contribution is -2.50. The lowest BCUT2D eigenvalue weighted by atomic mass is 10.2. The Kier molecular flexibility index (Phi) is 5.86. The topological polar surface area (TPSA) is 101 Å². The normalized spacial score (nSPS) is 14.8. The highest BCUT2D eigenvalue weighted by atomic mass is 16.6. The maximum absolute atomic E-state index is 12.3. The highest BCUT2D eigenvalue weighted by molar-refractivity contribution is 5.78. The number of hydrogen-bond acceptors (Lipinski definition) is 8. The second-order valence-corrected chi connectivity index (χ2v) is 9.13. The zero-order valence-corrected chi connectivity index (χ0v) is 19.2. The van der Waals surface area contributed by atoms with E-state index in [9.17, 15) is 4.79 Å². The number of hydrogen-bond donors (Lipinski definition) is 1. The summed E-state index contributed by atoms with van der Waals surface area (Å²) in [5.74, 6) is 1.97. The number of anilines is 3. The second-order valence-electron chi connectivity index (χ2n) is 9.13. The smallest absolute Gasteiger partial charge is 0.410 e. The average molecular weight is 439 g/mol. The summed E-state index contributed by atoms with van der Waals surface area (Å²) >= 11 is 0. The predicted molar refractivity (Wildman–Crippen MR) is 123 cm³/mol. The fourth-order valence-electron chi connectivity index (χ4n) is 3.53. The molecule has 1 aliphatic rings. The Balaban J connectivity index is 1.43. The molecule has 0 aromatic carbocycles. The number of nitrogens with zero attached hydrogens (tertiary/aromatic N) is 7. The first-order valence-electron chi connectivity index (χ1n) is 10.8. The molecule has 0 aliphatic carbocycles. The molecule has 0 unspecified atom stereocenters. The number of carbonyl (C=O) groups is 1. The largest absolute Gasteiger partial charge is 0.444 e. The van der Waals surface area contributed by atoms with Crippen molar-refractivity contribution >= 4 is 34.7 Å². The SMILES string of the molecule is CC(C)n1cnc2cnc(Nc3ccnc(N4CCN(C(=O)OC(C)(C)C)CC4)n3)cc21. The van der Waals surface area contributed by atoms with Gasteiger partial charge >= 0.3 is 6.09 Å². The van der Waals surface area contributed by atoms with Crippen molar-refractivity contribution in [3.05, 3.63) is 30.9 Å². The molecule has 3 aromatic rings. The number of carbonyl (C=O) groups excluding carboxylic acids is 1. The van der Waals surface area contributed by atoms with Crippen LogP contribution in [0.1, 0.15) is 40.7 Å². The number of rotatable bonds is 4. The molecular formula is C22H30N8O2. The third-order valence-corrected chi connectivity index (χ3v) is 5.13. The predicted octanol–water partition coefficient (Wildman–Crippen LogP) is 3.60. The van der Waals surface area contributed by atoms with Gasteiger partial charge < -0.3 is 24.4 Å². The van der Waals surface area contributed by atoms with Crippen molar-refractivity contribution in [3.63, 3.8) is 0 Å². The van der Waals surface area contributed by atoms with Gasteiger partial charge in [0.05, 0.1) is 18.0 Å². The van der Waals surface area contributed by atoms with Crippen LogP contribution in [0.3, 0.4) is 0 Å². The van der Waals surface area contributed by atoms with Crippen molar-refractivity contribution in [2.45, 2.75) is 46.3 Å². The first-order chi connectivity index (χ1) is 15.2. The zero-order valence-electron chi connectivity index (χ0n) is 19.2.